The van der Waals surface area contributed by atoms with Crippen LogP contribution in [0.15, 0.2) is 29.2 Å². The molecule has 1 saturated carbocycles. The number of carboxylic acid groups (broad SMARTS) is 1. The summed E-state index contributed by atoms with van der Waals surface area (Å²) in [5.74, 6) is -2.22. The quantitative estimate of drug-likeness (QED) is 0.448. The smallest absolute Gasteiger partial charge is 0.318 e. The molecule has 1 aliphatic carbocycles. The maximum Gasteiger partial charge on any atom is 0.318 e. The third kappa shape index (κ3) is 3.59. The number of sulfone groups is 1. The molecule has 0 saturated heterocycles. The Morgan fingerprint density at radius 2 is 1.88 bits per heavy atom. The van der Waals surface area contributed by atoms with Gasteiger partial charge in [0.2, 0.25) is 0 Å². The van der Waals surface area contributed by atoms with Gasteiger partial charge < -0.3 is 21.7 Å². The lowest BCUT2D eigenvalue weighted by Gasteiger charge is -2.44. The Morgan fingerprint density at radius 1 is 1.32 bits per heavy atom. The lowest BCUT2D eigenvalue weighted by molar-refractivity contribution is -0.167. The number of rotatable bonds is 7. The van der Waals surface area contributed by atoms with Crippen LogP contribution in [0.2, 0.25) is 0 Å². The van der Waals surface area contributed by atoms with E-state index < -0.39 is 45.2 Å². The number of benzene rings is 1. The van der Waals surface area contributed by atoms with Crippen LogP contribution in [0.25, 0.3) is 0 Å². The Balaban J connectivity index is 2.11. The zero-order valence-electron chi connectivity index (χ0n) is 13.8. The number of aliphatic carboxylic acids is 1. The highest BCUT2D eigenvalue weighted by atomic mass is 32.2. The molecule has 25 heavy (non-hydrogen) atoms. The van der Waals surface area contributed by atoms with E-state index in [-0.39, 0.29) is 17.7 Å². The number of carbonyl (C=O) groups is 2. The van der Waals surface area contributed by atoms with E-state index in [9.17, 15) is 28.2 Å². The van der Waals surface area contributed by atoms with Crippen LogP contribution in [0.3, 0.4) is 0 Å². The molecule has 9 heteroatoms. The van der Waals surface area contributed by atoms with E-state index in [4.69, 9.17) is 11.5 Å². The average Bonchev–Trinajstić information content (AvgIpc) is 2.52. The van der Waals surface area contributed by atoms with Crippen LogP contribution in [-0.4, -0.2) is 54.8 Å². The van der Waals surface area contributed by atoms with E-state index in [1.807, 2.05) is 0 Å². The van der Waals surface area contributed by atoms with Gasteiger partial charge >= 0.3 is 5.97 Å². The Bertz CT molecular complexity index is 776. The minimum atomic E-state index is -3.32. The second-order valence-electron chi connectivity index (χ2n) is 6.51. The van der Waals surface area contributed by atoms with Crippen molar-refractivity contribution in [2.45, 2.75) is 42.3 Å². The molecular weight excluding hydrogens is 348 g/mol. The van der Waals surface area contributed by atoms with Crippen molar-refractivity contribution in [2.75, 3.05) is 6.26 Å². The number of hydrogen-bond acceptors (Lipinski definition) is 7. The molecule has 0 radical (unpaired) electrons. The fourth-order valence-corrected chi connectivity index (χ4v) is 3.62. The second kappa shape index (κ2) is 6.83. The lowest BCUT2D eigenvalue weighted by atomic mass is 9.60. The minimum Gasteiger partial charge on any atom is -0.480 e. The molecule has 0 aromatic heterocycles. The number of aliphatic hydroxyl groups excluding tert-OH is 1. The molecule has 1 aromatic rings. The molecule has 138 valence electrons. The second-order valence-corrected chi connectivity index (χ2v) is 8.53. The molecule has 4 atom stereocenters. The first-order valence-electron chi connectivity index (χ1n) is 7.76. The van der Waals surface area contributed by atoms with Gasteiger partial charge in [0.15, 0.2) is 15.6 Å². The van der Waals surface area contributed by atoms with Gasteiger partial charge in [-0.15, -0.1) is 0 Å². The van der Waals surface area contributed by atoms with Crippen LogP contribution in [0.5, 0.6) is 0 Å². The van der Waals surface area contributed by atoms with Gasteiger partial charge in [-0.1, -0.05) is 12.1 Å². The van der Waals surface area contributed by atoms with Crippen molar-refractivity contribution in [1.82, 2.24) is 0 Å². The number of Topliss-reactive ketones (excluding diaryl/α,β-unsaturated/α-hetero) is 1. The molecule has 1 fully saturated rings. The molecule has 2 unspecified atom stereocenters. The fourth-order valence-electron chi connectivity index (χ4n) is 2.99. The zero-order chi connectivity index (χ0) is 19.0. The molecule has 0 heterocycles. The summed E-state index contributed by atoms with van der Waals surface area (Å²) in [6.45, 7) is 0. The third-order valence-electron chi connectivity index (χ3n) is 4.80. The molecule has 0 bridgehead atoms. The van der Waals surface area contributed by atoms with Crippen LogP contribution < -0.4 is 11.5 Å². The highest BCUT2D eigenvalue weighted by molar-refractivity contribution is 7.90. The summed E-state index contributed by atoms with van der Waals surface area (Å²) >= 11 is 0. The summed E-state index contributed by atoms with van der Waals surface area (Å²) < 4.78 is 22.9. The summed E-state index contributed by atoms with van der Waals surface area (Å²) in [4.78, 5) is 24.1. The normalized spacial score (nSPS) is 25.7. The van der Waals surface area contributed by atoms with Crippen molar-refractivity contribution < 1.29 is 28.2 Å². The fraction of sp³-hybridized carbons (Fsp3) is 0.500. The first kappa shape index (κ1) is 19.5. The first-order chi connectivity index (χ1) is 11.5. The third-order valence-corrected chi connectivity index (χ3v) is 5.93. The van der Waals surface area contributed by atoms with Crippen molar-refractivity contribution in [3.05, 3.63) is 29.8 Å². The molecule has 8 nitrogen and oxygen atoms in total. The van der Waals surface area contributed by atoms with Crippen molar-refractivity contribution in [1.29, 1.82) is 0 Å². The van der Waals surface area contributed by atoms with Crippen LogP contribution in [0.1, 0.15) is 18.4 Å². The predicted octanol–water partition coefficient (Wildman–Crippen LogP) is -0.918. The van der Waals surface area contributed by atoms with Gasteiger partial charge in [-0.25, -0.2) is 8.42 Å². The number of hydrogen-bond donors (Lipinski definition) is 4. The van der Waals surface area contributed by atoms with Gasteiger partial charge in [-0.05, 0) is 37.0 Å². The van der Waals surface area contributed by atoms with Crippen LogP contribution >= 0.6 is 0 Å². The van der Waals surface area contributed by atoms with Gasteiger partial charge in [0, 0.05) is 18.3 Å². The molecule has 0 spiro atoms. The standard InChI is InChI=1S/C16H22N2O6S/c1-25(23,24)10-4-2-9(3-5-10)8-11(17)13(19)14(20)16(15(21)22)7-6-12(16)18/h2-5,11-13,19H,6-8,17-18H2,1H3,(H,21,22)/t11-,12?,13+,16?/m1/s1. The topological polar surface area (TPSA) is 161 Å². The van der Waals surface area contributed by atoms with Crippen LogP contribution in [0, 0.1) is 5.41 Å². The van der Waals surface area contributed by atoms with Crippen LogP contribution in [0.4, 0.5) is 0 Å². The summed E-state index contributed by atoms with van der Waals surface area (Å²) in [6.07, 6.45) is -0.0232. The van der Waals surface area contributed by atoms with Gasteiger partial charge in [-0.2, -0.15) is 0 Å². The molecular formula is C16H22N2O6S. The SMILES string of the molecule is CS(=O)(=O)c1ccc(C[C@@H](N)[C@H](O)C(=O)C2(C(=O)O)CCC2N)cc1. The number of carbonyl (C=O) groups excluding carboxylic acids is 1. The van der Waals surface area contributed by atoms with E-state index in [1.165, 1.54) is 24.3 Å². The van der Waals surface area contributed by atoms with E-state index >= 15 is 0 Å². The van der Waals surface area contributed by atoms with Crippen molar-refractivity contribution >= 4 is 21.6 Å². The van der Waals surface area contributed by atoms with Gasteiger partial charge in [-0.3, -0.25) is 9.59 Å². The average molecular weight is 370 g/mol. The largest absolute Gasteiger partial charge is 0.480 e. The Hall–Kier alpha value is -1.81. The Kier molecular flexibility index (Phi) is 5.33. The van der Waals surface area contributed by atoms with Gasteiger partial charge in [0.1, 0.15) is 11.5 Å². The number of carboxylic acids is 1. The highest BCUT2D eigenvalue weighted by Gasteiger charge is 2.59. The van der Waals surface area contributed by atoms with Gasteiger partial charge in [0.05, 0.1) is 4.90 Å². The number of aliphatic hydroxyl groups is 1. The Labute approximate surface area is 145 Å². The van der Waals surface area contributed by atoms with Crippen molar-refractivity contribution in [2.24, 2.45) is 16.9 Å². The molecule has 1 aromatic carbocycles. The van der Waals surface area contributed by atoms with E-state index in [1.54, 1.807) is 0 Å². The molecule has 6 N–H and O–H groups in total. The van der Waals surface area contributed by atoms with Crippen LogP contribution in [-0.2, 0) is 25.8 Å². The monoisotopic (exact) mass is 370 g/mol. The number of nitrogens with two attached hydrogens (primary N) is 2. The lowest BCUT2D eigenvalue weighted by Crippen LogP contribution is -2.64. The minimum absolute atomic E-state index is 0.0785. The maximum absolute atomic E-state index is 12.4. The summed E-state index contributed by atoms with van der Waals surface area (Å²) in [5, 5.41) is 19.6. The first-order valence-corrected chi connectivity index (χ1v) is 9.65. The molecule has 0 amide bonds. The molecule has 2 rings (SSSR count). The van der Waals surface area contributed by atoms with E-state index in [2.05, 4.69) is 0 Å². The van der Waals surface area contributed by atoms with Gasteiger partial charge in [0.25, 0.3) is 0 Å². The highest BCUT2D eigenvalue weighted by Crippen LogP contribution is 2.42. The maximum atomic E-state index is 12.4. The number of ketones is 1. The summed E-state index contributed by atoms with van der Waals surface area (Å²) in [6, 6.07) is 4.03. The Morgan fingerprint density at radius 3 is 2.24 bits per heavy atom. The summed E-state index contributed by atoms with van der Waals surface area (Å²) in [7, 11) is -3.32. The predicted molar refractivity (Wildman–Crippen MR) is 89.5 cm³/mol. The van der Waals surface area contributed by atoms with E-state index in [0.717, 1.165) is 6.26 Å². The van der Waals surface area contributed by atoms with Crippen molar-refractivity contribution in [3.8, 4) is 0 Å². The van der Waals surface area contributed by atoms with E-state index in [0.29, 0.717) is 12.0 Å². The zero-order valence-corrected chi connectivity index (χ0v) is 14.6. The molecule has 0 aliphatic heterocycles. The summed E-state index contributed by atoms with van der Waals surface area (Å²) in [5.41, 5.74) is 10.4. The molecule has 1 aliphatic rings. The van der Waals surface area contributed by atoms with Crippen molar-refractivity contribution in [3.63, 3.8) is 0 Å².